The van der Waals surface area contributed by atoms with E-state index in [1.807, 2.05) is 25.1 Å². The van der Waals surface area contributed by atoms with E-state index in [4.69, 9.17) is 4.84 Å². The molecular formula is C12H17NO2. The van der Waals surface area contributed by atoms with Crippen LogP contribution in [0.4, 0.5) is 0 Å². The lowest BCUT2D eigenvalue weighted by Crippen LogP contribution is -2.22. The van der Waals surface area contributed by atoms with E-state index >= 15 is 0 Å². The Bertz CT molecular complexity index is 274. The summed E-state index contributed by atoms with van der Waals surface area (Å²) < 4.78 is 0. The lowest BCUT2D eigenvalue weighted by Gasteiger charge is -2.13. The fourth-order valence-corrected chi connectivity index (χ4v) is 1.30. The lowest BCUT2D eigenvalue weighted by molar-refractivity contribution is -0.170. The fourth-order valence-electron chi connectivity index (χ4n) is 1.30. The highest BCUT2D eigenvalue weighted by molar-refractivity contribution is 5.44. The van der Waals surface area contributed by atoms with Gasteiger partial charge in [0.2, 0.25) is 6.41 Å². The zero-order chi connectivity index (χ0) is 10.9. The van der Waals surface area contributed by atoms with Gasteiger partial charge in [-0.3, -0.25) is 9.63 Å². The van der Waals surface area contributed by atoms with Crippen LogP contribution in [-0.2, 0) is 16.1 Å². The minimum atomic E-state index is 0.585. The number of nitrogens with zero attached hydrogens (tertiary/aromatic N) is 1. The van der Waals surface area contributed by atoms with Crippen molar-refractivity contribution in [3.8, 4) is 0 Å². The SMILES string of the molecule is CCN(C=O)OCCCc1ccccc1. The molecule has 1 aromatic carbocycles. The summed E-state index contributed by atoms with van der Waals surface area (Å²) in [5.41, 5.74) is 1.30. The van der Waals surface area contributed by atoms with Gasteiger partial charge < -0.3 is 0 Å². The summed E-state index contributed by atoms with van der Waals surface area (Å²) in [4.78, 5) is 15.6. The first-order valence-electron chi connectivity index (χ1n) is 5.25. The van der Waals surface area contributed by atoms with E-state index in [0.717, 1.165) is 12.8 Å². The summed E-state index contributed by atoms with van der Waals surface area (Å²) in [6.07, 6.45) is 2.62. The van der Waals surface area contributed by atoms with Crippen molar-refractivity contribution in [1.29, 1.82) is 0 Å². The van der Waals surface area contributed by atoms with Gasteiger partial charge >= 0.3 is 0 Å². The number of rotatable bonds is 7. The van der Waals surface area contributed by atoms with Gasteiger partial charge in [-0.1, -0.05) is 30.3 Å². The van der Waals surface area contributed by atoms with Crippen molar-refractivity contribution in [1.82, 2.24) is 5.06 Å². The minimum Gasteiger partial charge on any atom is -0.276 e. The Kier molecular flexibility index (Phi) is 5.48. The molecule has 0 atom stereocenters. The molecule has 0 bridgehead atoms. The van der Waals surface area contributed by atoms with Crippen molar-refractivity contribution in [3.05, 3.63) is 35.9 Å². The second kappa shape index (κ2) is 7.01. The first kappa shape index (κ1) is 11.7. The molecule has 3 heteroatoms. The second-order valence-electron chi connectivity index (χ2n) is 3.26. The molecule has 0 aliphatic heterocycles. The first-order chi connectivity index (χ1) is 7.36. The topological polar surface area (TPSA) is 29.5 Å². The molecule has 0 saturated heterocycles. The van der Waals surface area contributed by atoms with Crippen molar-refractivity contribution < 1.29 is 9.63 Å². The molecule has 0 saturated carbocycles. The van der Waals surface area contributed by atoms with Crippen molar-refractivity contribution in [3.63, 3.8) is 0 Å². The van der Waals surface area contributed by atoms with Gasteiger partial charge in [0.1, 0.15) is 0 Å². The standard InChI is InChI=1S/C12H17NO2/c1-2-13(11-14)15-10-6-9-12-7-4-3-5-8-12/h3-5,7-8,11H,2,6,9-10H2,1H3. The Morgan fingerprint density at radius 1 is 1.33 bits per heavy atom. The average Bonchev–Trinajstić information content (AvgIpc) is 2.31. The van der Waals surface area contributed by atoms with Crippen LogP contribution in [0.1, 0.15) is 18.9 Å². The van der Waals surface area contributed by atoms with Gasteiger partial charge in [-0.05, 0) is 25.3 Å². The summed E-state index contributed by atoms with van der Waals surface area (Å²) >= 11 is 0. The van der Waals surface area contributed by atoms with E-state index in [1.165, 1.54) is 10.6 Å². The molecule has 0 fully saturated rings. The van der Waals surface area contributed by atoms with Crippen molar-refractivity contribution in [2.24, 2.45) is 0 Å². The zero-order valence-electron chi connectivity index (χ0n) is 9.06. The third-order valence-electron chi connectivity index (χ3n) is 2.14. The Morgan fingerprint density at radius 3 is 2.67 bits per heavy atom. The van der Waals surface area contributed by atoms with E-state index in [2.05, 4.69) is 12.1 Å². The molecule has 1 rings (SSSR count). The van der Waals surface area contributed by atoms with Gasteiger partial charge in [0.25, 0.3) is 0 Å². The largest absolute Gasteiger partial charge is 0.276 e. The molecule has 3 nitrogen and oxygen atoms in total. The third-order valence-corrected chi connectivity index (χ3v) is 2.14. The highest BCUT2D eigenvalue weighted by Crippen LogP contribution is 2.02. The molecule has 15 heavy (non-hydrogen) atoms. The Morgan fingerprint density at radius 2 is 2.07 bits per heavy atom. The highest BCUT2D eigenvalue weighted by atomic mass is 16.7. The van der Waals surface area contributed by atoms with Crippen LogP contribution >= 0.6 is 0 Å². The number of amides is 1. The summed E-state index contributed by atoms with van der Waals surface area (Å²) in [5, 5.41) is 1.31. The summed E-state index contributed by atoms with van der Waals surface area (Å²) in [7, 11) is 0. The molecule has 0 aliphatic carbocycles. The van der Waals surface area contributed by atoms with Crippen LogP contribution in [0, 0.1) is 0 Å². The van der Waals surface area contributed by atoms with E-state index in [-0.39, 0.29) is 0 Å². The van der Waals surface area contributed by atoms with Crippen LogP contribution in [0.5, 0.6) is 0 Å². The monoisotopic (exact) mass is 207 g/mol. The number of hydrogen-bond acceptors (Lipinski definition) is 2. The maximum Gasteiger partial charge on any atom is 0.233 e. The normalized spacial score (nSPS) is 9.93. The second-order valence-corrected chi connectivity index (χ2v) is 3.26. The number of carbonyl (C=O) groups is 1. The summed E-state index contributed by atoms with van der Waals surface area (Å²) in [6, 6.07) is 10.2. The number of aryl methyl sites for hydroxylation is 1. The molecule has 0 unspecified atom stereocenters. The summed E-state index contributed by atoms with van der Waals surface area (Å²) in [5.74, 6) is 0. The van der Waals surface area contributed by atoms with Gasteiger partial charge in [0.15, 0.2) is 0 Å². The fraction of sp³-hybridized carbons (Fsp3) is 0.417. The van der Waals surface area contributed by atoms with E-state index in [1.54, 1.807) is 0 Å². The van der Waals surface area contributed by atoms with Gasteiger partial charge in [0, 0.05) is 6.54 Å². The highest BCUT2D eigenvalue weighted by Gasteiger charge is 1.97. The zero-order valence-corrected chi connectivity index (χ0v) is 9.06. The van der Waals surface area contributed by atoms with Crippen LogP contribution in [0.2, 0.25) is 0 Å². The molecule has 0 N–H and O–H groups in total. The van der Waals surface area contributed by atoms with Crippen molar-refractivity contribution >= 4 is 6.41 Å². The molecule has 82 valence electrons. The van der Waals surface area contributed by atoms with E-state index < -0.39 is 0 Å². The van der Waals surface area contributed by atoms with Crippen LogP contribution in [0.3, 0.4) is 0 Å². The Labute approximate surface area is 90.6 Å². The van der Waals surface area contributed by atoms with Crippen molar-refractivity contribution in [2.75, 3.05) is 13.2 Å². The Balaban J connectivity index is 2.14. The maximum atomic E-state index is 10.4. The summed E-state index contributed by atoms with van der Waals surface area (Å²) in [6.45, 7) is 3.06. The first-order valence-corrected chi connectivity index (χ1v) is 5.25. The van der Waals surface area contributed by atoms with Gasteiger partial charge in [-0.2, -0.15) is 0 Å². The molecule has 0 aromatic heterocycles. The van der Waals surface area contributed by atoms with Crippen molar-refractivity contribution in [2.45, 2.75) is 19.8 Å². The molecular weight excluding hydrogens is 190 g/mol. The number of carbonyl (C=O) groups excluding carboxylic acids is 1. The van der Waals surface area contributed by atoms with Gasteiger partial charge in [-0.15, -0.1) is 0 Å². The van der Waals surface area contributed by atoms with Gasteiger partial charge in [0.05, 0.1) is 6.61 Å². The molecule has 1 aromatic rings. The quantitative estimate of drug-likeness (QED) is 0.389. The molecule has 0 spiro atoms. The molecule has 0 aliphatic rings. The molecule has 0 radical (unpaired) electrons. The Hall–Kier alpha value is -1.35. The predicted octanol–water partition coefficient (Wildman–Crippen LogP) is 2.03. The number of hydrogen-bond donors (Lipinski definition) is 0. The third kappa shape index (κ3) is 4.61. The van der Waals surface area contributed by atoms with Crippen LogP contribution in [0.25, 0.3) is 0 Å². The molecule has 0 heterocycles. The van der Waals surface area contributed by atoms with Crippen LogP contribution < -0.4 is 0 Å². The minimum absolute atomic E-state index is 0.585. The van der Waals surface area contributed by atoms with Gasteiger partial charge in [-0.25, -0.2) is 5.06 Å². The number of hydroxylamine groups is 2. The van der Waals surface area contributed by atoms with E-state index in [9.17, 15) is 4.79 Å². The maximum absolute atomic E-state index is 10.4. The average molecular weight is 207 g/mol. The van der Waals surface area contributed by atoms with Crippen LogP contribution in [-0.4, -0.2) is 24.6 Å². The predicted molar refractivity (Wildman–Crippen MR) is 59.2 cm³/mol. The van der Waals surface area contributed by atoms with E-state index in [0.29, 0.717) is 19.6 Å². The number of benzene rings is 1. The molecule has 1 amide bonds. The van der Waals surface area contributed by atoms with Crippen LogP contribution in [0.15, 0.2) is 30.3 Å². The lowest BCUT2D eigenvalue weighted by atomic mass is 10.1. The smallest absolute Gasteiger partial charge is 0.233 e.